The van der Waals surface area contributed by atoms with E-state index in [1.807, 2.05) is 6.07 Å². The molecule has 0 aromatic heterocycles. The maximum atomic E-state index is 12.2. The average Bonchev–Trinajstić information content (AvgIpc) is 2.86. The monoisotopic (exact) mass is 354 g/mol. The summed E-state index contributed by atoms with van der Waals surface area (Å²) in [6, 6.07) is 7.18. The molecule has 120 valence electrons. The number of anilines is 1. The van der Waals surface area contributed by atoms with Crippen LogP contribution >= 0.6 is 23.2 Å². The highest BCUT2D eigenvalue weighted by Crippen LogP contribution is 2.45. The fourth-order valence-corrected chi connectivity index (χ4v) is 3.43. The summed E-state index contributed by atoms with van der Waals surface area (Å²) in [5.74, 6) is -2.35. The fraction of sp³-hybridized carbons (Fsp3) is 0.267. The van der Waals surface area contributed by atoms with E-state index in [1.165, 1.54) is 14.2 Å². The predicted octanol–water partition coefficient (Wildman–Crippen LogP) is 2.24. The molecular formula is C15H12Cl2N2O4. The molecule has 2 aliphatic heterocycles. The lowest BCUT2D eigenvalue weighted by atomic mass is 9.98. The molecule has 0 aliphatic carbocycles. The Morgan fingerprint density at radius 2 is 1.87 bits per heavy atom. The molecule has 0 saturated heterocycles. The molecule has 6 nitrogen and oxygen atoms in total. The van der Waals surface area contributed by atoms with Gasteiger partial charge in [0.15, 0.2) is 0 Å². The average molecular weight is 355 g/mol. The summed E-state index contributed by atoms with van der Waals surface area (Å²) in [5, 5.41) is 0.323. The summed E-state index contributed by atoms with van der Waals surface area (Å²) in [6.07, 6.45) is -0.786. The number of aliphatic imine (C=N–C) groups is 1. The molecule has 0 spiro atoms. The van der Waals surface area contributed by atoms with Crippen LogP contribution in [0.25, 0.3) is 0 Å². The third-order valence-electron chi connectivity index (χ3n) is 3.80. The summed E-state index contributed by atoms with van der Waals surface area (Å²) in [4.78, 5) is 30.2. The van der Waals surface area contributed by atoms with Crippen LogP contribution in [0, 0.1) is 5.92 Å². The van der Waals surface area contributed by atoms with Crippen molar-refractivity contribution in [3.05, 3.63) is 40.6 Å². The number of hydrogen-bond acceptors (Lipinski definition) is 6. The van der Waals surface area contributed by atoms with Crippen molar-refractivity contribution in [3.63, 3.8) is 0 Å². The molecule has 0 bridgehead atoms. The lowest BCUT2D eigenvalue weighted by Gasteiger charge is -2.32. The zero-order valence-electron chi connectivity index (χ0n) is 12.2. The Bertz CT molecular complexity index is 760. The van der Waals surface area contributed by atoms with Gasteiger partial charge in [-0.2, -0.15) is 0 Å². The molecule has 2 atom stereocenters. The van der Waals surface area contributed by atoms with Gasteiger partial charge in [0.2, 0.25) is 0 Å². The number of carbonyl (C=O) groups excluding carboxylic acids is 2. The van der Waals surface area contributed by atoms with E-state index in [0.29, 0.717) is 11.3 Å². The van der Waals surface area contributed by atoms with E-state index >= 15 is 0 Å². The molecule has 0 unspecified atom stereocenters. The fourth-order valence-electron chi connectivity index (χ4n) is 2.78. The number of nitrogens with zero attached hydrogens (tertiary/aromatic N) is 2. The molecule has 0 radical (unpaired) electrons. The highest BCUT2D eigenvalue weighted by molar-refractivity contribution is 6.70. The minimum absolute atomic E-state index is 0.0101. The molecule has 3 rings (SSSR count). The second kappa shape index (κ2) is 5.86. The number of hydrogen-bond donors (Lipinski definition) is 0. The zero-order valence-corrected chi connectivity index (χ0v) is 13.8. The first kappa shape index (κ1) is 15.8. The van der Waals surface area contributed by atoms with Crippen LogP contribution in [-0.4, -0.2) is 37.5 Å². The van der Waals surface area contributed by atoms with Crippen LogP contribution in [0.4, 0.5) is 5.69 Å². The third kappa shape index (κ3) is 2.29. The first-order valence-corrected chi connectivity index (χ1v) is 7.44. The van der Waals surface area contributed by atoms with Gasteiger partial charge in [-0.25, -0.2) is 9.79 Å². The largest absolute Gasteiger partial charge is 0.468 e. The molecule has 0 amide bonds. The Morgan fingerprint density at radius 1 is 1.17 bits per heavy atom. The van der Waals surface area contributed by atoms with E-state index < -0.39 is 24.0 Å². The van der Waals surface area contributed by atoms with Gasteiger partial charge in [0, 0.05) is 5.56 Å². The van der Waals surface area contributed by atoms with Gasteiger partial charge < -0.3 is 14.4 Å². The summed E-state index contributed by atoms with van der Waals surface area (Å²) in [6.45, 7) is 0. The standard InChI is InChI=1S/C15H12Cl2N2O4/c1-22-14(20)9-10(15(21)23-2)13-18-11(16)7-5-3-4-6-8(7)19(13)12(9)17/h3-6,10,13H,1-2H3/t10-,13+/m0/s1. The molecule has 1 aromatic rings. The molecule has 0 saturated carbocycles. The van der Waals surface area contributed by atoms with Crippen LogP contribution in [0.1, 0.15) is 5.56 Å². The smallest absolute Gasteiger partial charge is 0.337 e. The molecule has 0 N–H and O–H groups in total. The van der Waals surface area contributed by atoms with Crippen molar-refractivity contribution in [2.75, 3.05) is 19.1 Å². The maximum absolute atomic E-state index is 12.2. The van der Waals surface area contributed by atoms with Gasteiger partial charge in [0.05, 0.1) is 25.5 Å². The van der Waals surface area contributed by atoms with Crippen molar-refractivity contribution in [3.8, 4) is 0 Å². The summed E-state index contributed by atoms with van der Waals surface area (Å²) < 4.78 is 9.55. The summed E-state index contributed by atoms with van der Waals surface area (Å²) in [5.41, 5.74) is 1.34. The SMILES string of the molecule is COC(=O)C1=C(Cl)N2c3ccccc3C(Cl)=N[C@H]2[C@H]1C(=O)OC. The molecule has 0 fully saturated rings. The molecular weight excluding hydrogens is 343 g/mol. The van der Waals surface area contributed by atoms with Crippen LogP contribution in [0.5, 0.6) is 0 Å². The predicted molar refractivity (Wildman–Crippen MR) is 85.5 cm³/mol. The number of benzene rings is 1. The number of carbonyl (C=O) groups is 2. The van der Waals surface area contributed by atoms with Crippen molar-refractivity contribution in [1.29, 1.82) is 0 Å². The second-order valence-electron chi connectivity index (χ2n) is 4.92. The Balaban J connectivity index is 2.21. The van der Waals surface area contributed by atoms with Crippen molar-refractivity contribution in [1.82, 2.24) is 0 Å². The van der Waals surface area contributed by atoms with Gasteiger partial charge in [-0.3, -0.25) is 4.79 Å². The lowest BCUT2D eigenvalue weighted by molar-refractivity contribution is -0.147. The van der Waals surface area contributed by atoms with E-state index in [9.17, 15) is 9.59 Å². The van der Waals surface area contributed by atoms with Crippen LogP contribution < -0.4 is 4.90 Å². The molecule has 1 aromatic carbocycles. The van der Waals surface area contributed by atoms with Gasteiger partial charge in [-0.15, -0.1) is 0 Å². The molecule has 23 heavy (non-hydrogen) atoms. The van der Waals surface area contributed by atoms with Gasteiger partial charge in [0.25, 0.3) is 0 Å². The van der Waals surface area contributed by atoms with E-state index in [2.05, 4.69) is 4.99 Å². The van der Waals surface area contributed by atoms with Gasteiger partial charge >= 0.3 is 11.9 Å². The number of esters is 2. The topological polar surface area (TPSA) is 68.2 Å². The van der Waals surface area contributed by atoms with E-state index in [0.717, 1.165) is 0 Å². The number of rotatable bonds is 2. The Morgan fingerprint density at radius 3 is 2.52 bits per heavy atom. The number of methoxy groups -OCH3 is 2. The summed E-state index contributed by atoms with van der Waals surface area (Å²) >= 11 is 12.6. The van der Waals surface area contributed by atoms with Crippen molar-refractivity contribution in [2.45, 2.75) is 6.17 Å². The second-order valence-corrected chi connectivity index (χ2v) is 5.63. The Hall–Kier alpha value is -2.05. The van der Waals surface area contributed by atoms with Crippen molar-refractivity contribution in [2.24, 2.45) is 10.9 Å². The van der Waals surface area contributed by atoms with Crippen LogP contribution in [-0.2, 0) is 19.1 Å². The normalized spacial score (nSPS) is 22.3. The first-order valence-electron chi connectivity index (χ1n) is 6.69. The number of fused-ring (bicyclic) bond motifs is 3. The van der Waals surface area contributed by atoms with E-state index in [4.69, 9.17) is 32.7 Å². The van der Waals surface area contributed by atoms with E-state index in [1.54, 1.807) is 23.1 Å². The Kier molecular flexibility index (Phi) is 4.04. The van der Waals surface area contributed by atoms with Crippen LogP contribution in [0.3, 0.4) is 0 Å². The number of halogens is 2. The lowest BCUT2D eigenvalue weighted by Crippen LogP contribution is -2.40. The molecule has 2 aliphatic rings. The Labute approximate surface area is 142 Å². The van der Waals surface area contributed by atoms with Crippen molar-refractivity contribution >= 4 is 46.0 Å². The van der Waals surface area contributed by atoms with E-state index in [-0.39, 0.29) is 15.9 Å². The number of ether oxygens (including phenoxy) is 2. The minimum Gasteiger partial charge on any atom is -0.468 e. The molecule has 8 heteroatoms. The zero-order chi connectivity index (χ0) is 16.7. The summed E-state index contributed by atoms with van der Waals surface area (Å²) in [7, 11) is 2.45. The van der Waals surface area contributed by atoms with Crippen LogP contribution in [0.2, 0.25) is 0 Å². The quantitative estimate of drug-likeness (QED) is 0.601. The van der Waals surface area contributed by atoms with Gasteiger partial charge in [-0.1, -0.05) is 35.3 Å². The van der Waals surface area contributed by atoms with Crippen molar-refractivity contribution < 1.29 is 19.1 Å². The van der Waals surface area contributed by atoms with Crippen LogP contribution in [0.15, 0.2) is 40.0 Å². The molecule has 2 heterocycles. The first-order chi connectivity index (χ1) is 11.0. The highest BCUT2D eigenvalue weighted by Gasteiger charge is 2.51. The minimum atomic E-state index is -1.01. The van der Waals surface area contributed by atoms with Gasteiger partial charge in [0.1, 0.15) is 22.4 Å². The third-order valence-corrected chi connectivity index (χ3v) is 4.49. The maximum Gasteiger partial charge on any atom is 0.337 e. The van der Waals surface area contributed by atoms with Gasteiger partial charge in [-0.05, 0) is 12.1 Å². The number of para-hydroxylation sites is 1. The highest BCUT2D eigenvalue weighted by atomic mass is 35.5.